The fraction of sp³-hybridized carbons (Fsp3) is 0.444. The number of hydrogen-bond donors (Lipinski definition) is 1. The largest absolute Gasteiger partial charge is 0.312 e. The molecule has 0 amide bonds. The van der Waals surface area contributed by atoms with Gasteiger partial charge < -0.3 is 5.32 Å². The third-order valence-electron chi connectivity index (χ3n) is 4.08. The minimum absolute atomic E-state index is 0.149. The van der Waals surface area contributed by atoms with Crippen molar-refractivity contribution >= 4 is 11.3 Å². The Morgan fingerprint density at radius 1 is 1.24 bits per heavy atom. The Kier molecular flexibility index (Phi) is 5.17. The van der Waals surface area contributed by atoms with Crippen molar-refractivity contribution in [2.24, 2.45) is 11.3 Å². The first kappa shape index (κ1) is 16.2. The molecule has 1 aromatic carbocycles. The van der Waals surface area contributed by atoms with Crippen molar-refractivity contribution in [3.63, 3.8) is 0 Å². The summed E-state index contributed by atoms with van der Waals surface area (Å²) in [5.41, 5.74) is 2.13. The molecule has 114 valence electrons. The van der Waals surface area contributed by atoms with E-state index in [1.54, 1.807) is 17.4 Å². The van der Waals surface area contributed by atoms with Crippen LogP contribution < -0.4 is 5.32 Å². The van der Waals surface area contributed by atoms with Gasteiger partial charge in [0.05, 0.1) is 0 Å². The highest BCUT2D eigenvalue weighted by Gasteiger charge is 2.19. The molecule has 2 rings (SSSR count). The third-order valence-corrected chi connectivity index (χ3v) is 4.98. The molecule has 0 radical (unpaired) electrons. The molecular formula is C18H24FNS. The van der Waals surface area contributed by atoms with Gasteiger partial charge in [-0.2, -0.15) is 0 Å². The molecule has 1 N–H and O–H groups in total. The molecule has 0 saturated heterocycles. The van der Waals surface area contributed by atoms with E-state index in [2.05, 4.69) is 33.0 Å². The predicted octanol–water partition coefficient (Wildman–Crippen LogP) is 5.33. The van der Waals surface area contributed by atoms with Crippen LogP contribution in [0.15, 0.2) is 35.7 Å². The number of thiophene rings is 1. The molecule has 0 aliphatic heterocycles. The van der Waals surface area contributed by atoms with Gasteiger partial charge in [0.25, 0.3) is 0 Å². The second kappa shape index (κ2) is 6.71. The van der Waals surface area contributed by atoms with Crippen LogP contribution in [0.2, 0.25) is 0 Å². The van der Waals surface area contributed by atoms with Crippen molar-refractivity contribution in [3.05, 3.63) is 47.1 Å². The molecular weight excluding hydrogens is 281 g/mol. The highest BCUT2D eigenvalue weighted by molar-refractivity contribution is 7.13. The molecule has 1 aromatic heterocycles. The lowest BCUT2D eigenvalue weighted by Gasteiger charge is -2.27. The Morgan fingerprint density at radius 2 is 2.00 bits per heavy atom. The predicted molar refractivity (Wildman–Crippen MR) is 90.0 cm³/mol. The standard InChI is InChI=1S/C18H24FNS/c1-13(18(2,3)4)11-20-12-14-7-8-16(19)15(10-14)17-6-5-9-21-17/h5-10,13,20H,11-12H2,1-4H3. The van der Waals surface area contributed by atoms with Crippen LogP contribution in [0.1, 0.15) is 33.3 Å². The van der Waals surface area contributed by atoms with Gasteiger partial charge >= 0.3 is 0 Å². The zero-order valence-electron chi connectivity index (χ0n) is 13.2. The second-order valence-corrected chi connectivity index (χ2v) is 7.64. The molecule has 0 aliphatic carbocycles. The van der Waals surface area contributed by atoms with Crippen molar-refractivity contribution in [1.29, 1.82) is 0 Å². The summed E-state index contributed by atoms with van der Waals surface area (Å²) in [6, 6.07) is 9.30. The summed E-state index contributed by atoms with van der Waals surface area (Å²) in [5.74, 6) is 0.443. The zero-order valence-corrected chi connectivity index (χ0v) is 14.1. The summed E-state index contributed by atoms with van der Waals surface area (Å²) in [6.07, 6.45) is 0. The maximum atomic E-state index is 13.9. The molecule has 0 saturated carbocycles. The van der Waals surface area contributed by atoms with Gasteiger partial charge in [0.15, 0.2) is 0 Å². The highest BCUT2D eigenvalue weighted by atomic mass is 32.1. The number of rotatable bonds is 5. The summed E-state index contributed by atoms with van der Waals surface area (Å²) in [7, 11) is 0. The Hall–Kier alpha value is -1.19. The molecule has 21 heavy (non-hydrogen) atoms. The Bertz CT molecular complexity index is 569. The molecule has 1 unspecified atom stereocenters. The van der Waals surface area contributed by atoms with Crippen LogP contribution in [0, 0.1) is 17.2 Å². The van der Waals surface area contributed by atoms with E-state index in [1.165, 1.54) is 0 Å². The van der Waals surface area contributed by atoms with Crippen molar-refractivity contribution in [3.8, 4) is 10.4 Å². The molecule has 0 spiro atoms. The Labute approximate surface area is 131 Å². The molecule has 0 bridgehead atoms. The zero-order chi connectivity index (χ0) is 15.5. The van der Waals surface area contributed by atoms with E-state index in [9.17, 15) is 4.39 Å². The van der Waals surface area contributed by atoms with Crippen LogP contribution in [0.3, 0.4) is 0 Å². The van der Waals surface area contributed by atoms with Crippen molar-refractivity contribution in [2.75, 3.05) is 6.54 Å². The minimum atomic E-state index is -0.149. The van der Waals surface area contributed by atoms with Crippen LogP contribution in [-0.4, -0.2) is 6.54 Å². The summed E-state index contributed by atoms with van der Waals surface area (Å²) in [6.45, 7) is 10.8. The van der Waals surface area contributed by atoms with Crippen LogP contribution in [-0.2, 0) is 6.54 Å². The molecule has 1 heterocycles. The van der Waals surface area contributed by atoms with Gasteiger partial charge in [0, 0.05) is 17.0 Å². The van der Waals surface area contributed by atoms with Crippen LogP contribution in [0.25, 0.3) is 10.4 Å². The van der Waals surface area contributed by atoms with Crippen molar-refractivity contribution in [1.82, 2.24) is 5.32 Å². The van der Waals surface area contributed by atoms with E-state index in [1.807, 2.05) is 29.6 Å². The van der Waals surface area contributed by atoms with Gasteiger partial charge in [-0.05, 0) is 47.0 Å². The normalized spacial score (nSPS) is 13.4. The van der Waals surface area contributed by atoms with Gasteiger partial charge in [0.2, 0.25) is 0 Å². The number of hydrogen-bond acceptors (Lipinski definition) is 2. The first-order valence-electron chi connectivity index (χ1n) is 7.41. The average molecular weight is 305 g/mol. The van der Waals surface area contributed by atoms with E-state index in [4.69, 9.17) is 0 Å². The van der Waals surface area contributed by atoms with E-state index in [0.717, 1.165) is 23.5 Å². The summed E-state index contributed by atoms with van der Waals surface area (Å²) in [4.78, 5) is 0.984. The van der Waals surface area contributed by atoms with Gasteiger partial charge in [-0.3, -0.25) is 0 Å². The minimum Gasteiger partial charge on any atom is -0.312 e. The van der Waals surface area contributed by atoms with Crippen LogP contribution >= 0.6 is 11.3 Å². The molecule has 0 fully saturated rings. The molecule has 3 heteroatoms. The maximum Gasteiger partial charge on any atom is 0.131 e. The lowest BCUT2D eigenvalue weighted by molar-refractivity contribution is 0.252. The van der Waals surface area contributed by atoms with E-state index in [-0.39, 0.29) is 5.82 Å². The molecule has 1 atom stereocenters. The van der Waals surface area contributed by atoms with Gasteiger partial charge in [-0.1, -0.05) is 39.8 Å². The van der Waals surface area contributed by atoms with E-state index in [0.29, 0.717) is 16.9 Å². The SMILES string of the molecule is CC(CNCc1ccc(F)c(-c2cccs2)c1)C(C)(C)C. The average Bonchev–Trinajstić information content (AvgIpc) is 2.93. The molecule has 2 aromatic rings. The Morgan fingerprint density at radius 3 is 2.62 bits per heavy atom. The first-order chi connectivity index (χ1) is 9.88. The van der Waals surface area contributed by atoms with Gasteiger partial charge in [-0.25, -0.2) is 4.39 Å². The van der Waals surface area contributed by atoms with Gasteiger partial charge in [-0.15, -0.1) is 11.3 Å². The number of nitrogens with one attached hydrogen (secondary N) is 1. The summed E-state index contributed by atoms with van der Waals surface area (Å²) >= 11 is 1.57. The smallest absolute Gasteiger partial charge is 0.131 e. The number of benzene rings is 1. The summed E-state index contributed by atoms with van der Waals surface area (Å²) in [5, 5.41) is 5.46. The van der Waals surface area contributed by atoms with Gasteiger partial charge in [0.1, 0.15) is 5.82 Å². The fourth-order valence-corrected chi connectivity index (χ4v) is 2.79. The monoisotopic (exact) mass is 305 g/mol. The van der Waals surface area contributed by atoms with E-state index < -0.39 is 0 Å². The van der Waals surface area contributed by atoms with Crippen molar-refractivity contribution < 1.29 is 4.39 Å². The molecule has 1 nitrogen and oxygen atoms in total. The second-order valence-electron chi connectivity index (χ2n) is 6.69. The van der Waals surface area contributed by atoms with E-state index >= 15 is 0 Å². The van der Waals surface area contributed by atoms with Crippen LogP contribution in [0.5, 0.6) is 0 Å². The van der Waals surface area contributed by atoms with Crippen LogP contribution in [0.4, 0.5) is 4.39 Å². The lowest BCUT2D eigenvalue weighted by Crippen LogP contribution is -2.29. The van der Waals surface area contributed by atoms with Crippen molar-refractivity contribution in [2.45, 2.75) is 34.2 Å². The summed E-state index contributed by atoms with van der Waals surface area (Å²) < 4.78 is 13.9. The first-order valence-corrected chi connectivity index (χ1v) is 8.29. The fourth-order valence-electron chi connectivity index (χ4n) is 2.04. The quantitative estimate of drug-likeness (QED) is 0.787. The lowest BCUT2D eigenvalue weighted by atomic mass is 9.82. The maximum absolute atomic E-state index is 13.9. The number of halogens is 1. The Balaban J connectivity index is 2.01. The molecule has 0 aliphatic rings. The topological polar surface area (TPSA) is 12.0 Å². The third kappa shape index (κ3) is 4.39. The highest BCUT2D eigenvalue weighted by Crippen LogP contribution is 2.28.